The molecule has 1 N–H and O–H groups in total. The van der Waals surface area contributed by atoms with Gasteiger partial charge in [0.05, 0.1) is 5.69 Å². The number of hydrogen-bond acceptors (Lipinski definition) is 4. The molecule has 0 bridgehead atoms. The molecule has 104 valence electrons. The summed E-state index contributed by atoms with van der Waals surface area (Å²) in [6.07, 6.45) is 0.434. The highest BCUT2D eigenvalue weighted by atomic mass is 79.9. The molecule has 0 aliphatic carbocycles. The van der Waals surface area contributed by atoms with Crippen LogP contribution in [0.4, 0.5) is 10.2 Å². The number of ketones is 1. The predicted molar refractivity (Wildman–Crippen MR) is 78.9 cm³/mol. The van der Waals surface area contributed by atoms with Gasteiger partial charge in [0.25, 0.3) is 0 Å². The molecule has 0 saturated heterocycles. The van der Waals surface area contributed by atoms with E-state index in [0.29, 0.717) is 30.0 Å². The normalized spacial score (nSPS) is 10.3. The third kappa shape index (κ3) is 3.84. The topological polar surface area (TPSA) is 54.9 Å². The molecule has 0 spiro atoms. The number of halogens is 2. The lowest BCUT2D eigenvalue weighted by molar-refractivity contribution is -0.116. The van der Waals surface area contributed by atoms with Gasteiger partial charge < -0.3 is 5.32 Å². The van der Waals surface area contributed by atoms with Crippen molar-refractivity contribution in [1.29, 1.82) is 0 Å². The highest BCUT2D eigenvalue weighted by molar-refractivity contribution is 9.10. The lowest BCUT2D eigenvalue weighted by atomic mass is 10.1. The quantitative estimate of drug-likeness (QED) is 0.907. The maximum atomic E-state index is 13.7. The van der Waals surface area contributed by atoms with Crippen LogP contribution in [0.2, 0.25) is 0 Å². The number of carbonyl (C=O) groups is 1. The number of aromatic nitrogens is 2. The fourth-order valence-corrected chi connectivity index (χ4v) is 1.99. The molecule has 1 aromatic heterocycles. The summed E-state index contributed by atoms with van der Waals surface area (Å²) in [4.78, 5) is 10.8. The van der Waals surface area contributed by atoms with Gasteiger partial charge in [-0.25, -0.2) is 4.39 Å². The molecule has 6 heteroatoms. The Morgan fingerprint density at radius 1 is 1.30 bits per heavy atom. The van der Waals surface area contributed by atoms with E-state index in [1.54, 1.807) is 24.3 Å². The number of Topliss-reactive ketones (excluding diaryl/α,β-unsaturated/α-hetero) is 1. The van der Waals surface area contributed by atoms with E-state index in [1.165, 1.54) is 13.0 Å². The van der Waals surface area contributed by atoms with Crippen molar-refractivity contribution in [3.8, 4) is 11.3 Å². The van der Waals surface area contributed by atoms with E-state index in [9.17, 15) is 9.18 Å². The van der Waals surface area contributed by atoms with Crippen LogP contribution in [0.5, 0.6) is 0 Å². The molecule has 0 atom stereocenters. The van der Waals surface area contributed by atoms with Crippen molar-refractivity contribution < 1.29 is 9.18 Å². The van der Waals surface area contributed by atoms with Crippen molar-refractivity contribution in [1.82, 2.24) is 10.2 Å². The first-order valence-electron chi connectivity index (χ1n) is 6.09. The molecule has 0 amide bonds. The van der Waals surface area contributed by atoms with Crippen LogP contribution in [0.1, 0.15) is 13.3 Å². The van der Waals surface area contributed by atoms with E-state index in [4.69, 9.17) is 0 Å². The second-order valence-corrected chi connectivity index (χ2v) is 5.22. The second kappa shape index (κ2) is 6.56. The summed E-state index contributed by atoms with van der Waals surface area (Å²) in [5.74, 6) is 0.323. The van der Waals surface area contributed by atoms with Gasteiger partial charge in [0.15, 0.2) is 0 Å². The molecule has 0 unspecified atom stereocenters. The molecule has 4 nitrogen and oxygen atoms in total. The molecular weight excluding hydrogens is 325 g/mol. The number of carbonyl (C=O) groups excluding carboxylic acids is 1. The summed E-state index contributed by atoms with van der Waals surface area (Å²) >= 11 is 3.30. The van der Waals surface area contributed by atoms with Crippen LogP contribution in [-0.2, 0) is 4.79 Å². The Morgan fingerprint density at radius 2 is 2.10 bits per heavy atom. The minimum absolute atomic E-state index is 0.110. The minimum atomic E-state index is -0.347. The molecular formula is C14H13BrFN3O. The zero-order valence-electron chi connectivity index (χ0n) is 10.9. The minimum Gasteiger partial charge on any atom is -0.368 e. The molecule has 2 rings (SSSR count). The lowest BCUT2D eigenvalue weighted by Crippen LogP contribution is -2.07. The first kappa shape index (κ1) is 14.6. The van der Waals surface area contributed by atoms with Crippen molar-refractivity contribution in [2.24, 2.45) is 0 Å². The standard InChI is InChI=1S/C14H13BrFN3O/c1-9(20)6-7-17-14-5-4-13(18-19-14)11-8-10(15)2-3-12(11)16/h2-5,8H,6-7H2,1H3,(H,17,19). The highest BCUT2D eigenvalue weighted by Crippen LogP contribution is 2.24. The largest absolute Gasteiger partial charge is 0.368 e. The van der Waals surface area contributed by atoms with Gasteiger partial charge in [-0.3, -0.25) is 4.79 Å². The molecule has 1 aromatic carbocycles. The van der Waals surface area contributed by atoms with Crippen LogP contribution >= 0.6 is 15.9 Å². The third-order valence-corrected chi connectivity index (χ3v) is 3.15. The molecule has 0 radical (unpaired) electrons. The van der Waals surface area contributed by atoms with Gasteiger partial charge in [-0.2, -0.15) is 0 Å². The number of nitrogens with one attached hydrogen (secondary N) is 1. The van der Waals surface area contributed by atoms with Crippen LogP contribution < -0.4 is 5.32 Å². The smallest absolute Gasteiger partial charge is 0.148 e. The zero-order chi connectivity index (χ0) is 14.5. The summed E-state index contributed by atoms with van der Waals surface area (Å²) in [6.45, 7) is 2.04. The number of nitrogens with zero attached hydrogens (tertiary/aromatic N) is 2. The van der Waals surface area contributed by atoms with Gasteiger partial charge in [0.1, 0.15) is 17.4 Å². The van der Waals surface area contributed by atoms with Crippen molar-refractivity contribution in [2.45, 2.75) is 13.3 Å². The molecule has 0 fully saturated rings. The van der Waals surface area contributed by atoms with Gasteiger partial charge in [-0.15, -0.1) is 10.2 Å². The summed E-state index contributed by atoms with van der Waals surface area (Å²) < 4.78 is 14.5. The van der Waals surface area contributed by atoms with Crippen molar-refractivity contribution in [3.63, 3.8) is 0 Å². The Morgan fingerprint density at radius 3 is 2.75 bits per heavy atom. The Labute approximate surface area is 124 Å². The van der Waals surface area contributed by atoms with Crippen molar-refractivity contribution in [3.05, 3.63) is 40.6 Å². The van der Waals surface area contributed by atoms with Crippen LogP contribution in [0.15, 0.2) is 34.8 Å². The van der Waals surface area contributed by atoms with Crippen LogP contribution in [0, 0.1) is 5.82 Å². The van der Waals surface area contributed by atoms with Crippen molar-refractivity contribution in [2.75, 3.05) is 11.9 Å². The predicted octanol–water partition coefficient (Wildman–Crippen LogP) is 3.44. The van der Waals surface area contributed by atoms with Gasteiger partial charge in [-0.1, -0.05) is 15.9 Å². The number of hydrogen-bond donors (Lipinski definition) is 1. The Hall–Kier alpha value is -1.82. The van der Waals surface area contributed by atoms with Gasteiger partial charge in [0, 0.05) is 23.0 Å². The first-order valence-corrected chi connectivity index (χ1v) is 6.88. The SMILES string of the molecule is CC(=O)CCNc1ccc(-c2cc(Br)ccc2F)nn1. The van der Waals surface area contributed by atoms with E-state index >= 15 is 0 Å². The van der Waals surface area contributed by atoms with Gasteiger partial charge in [-0.05, 0) is 37.3 Å². The monoisotopic (exact) mass is 337 g/mol. The average Bonchev–Trinajstić information content (AvgIpc) is 2.42. The van der Waals surface area contributed by atoms with E-state index in [0.717, 1.165) is 4.47 Å². The van der Waals surface area contributed by atoms with Gasteiger partial charge in [0.2, 0.25) is 0 Å². The number of rotatable bonds is 5. The van der Waals surface area contributed by atoms with E-state index in [-0.39, 0.29) is 11.6 Å². The Bertz CT molecular complexity index is 616. The second-order valence-electron chi connectivity index (χ2n) is 4.31. The van der Waals surface area contributed by atoms with Crippen LogP contribution in [-0.4, -0.2) is 22.5 Å². The summed E-state index contributed by atoms with van der Waals surface area (Å²) in [6, 6.07) is 8.06. The third-order valence-electron chi connectivity index (χ3n) is 2.65. The molecule has 20 heavy (non-hydrogen) atoms. The van der Waals surface area contributed by atoms with E-state index < -0.39 is 0 Å². The average molecular weight is 338 g/mol. The Kier molecular flexibility index (Phi) is 4.79. The van der Waals surface area contributed by atoms with E-state index in [1.807, 2.05) is 0 Å². The van der Waals surface area contributed by atoms with Gasteiger partial charge >= 0.3 is 0 Å². The molecule has 1 heterocycles. The molecule has 2 aromatic rings. The molecule has 0 aliphatic rings. The van der Waals surface area contributed by atoms with Crippen molar-refractivity contribution >= 4 is 27.5 Å². The van der Waals surface area contributed by atoms with Crippen LogP contribution in [0.25, 0.3) is 11.3 Å². The number of benzene rings is 1. The Balaban J connectivity index is 2.11. The summed E-state index contributed by atoms with van der Waals surface area (Å²) in [5, 5.41) is 10.9. The fraction of sp³-hybridized carbons (Fsp3) is 0.214. The zero-order valence-corrected chi connectivity index (χ0v) is 12.4. The lowest BCUT2D eigenvalue weighted by Gasteiger charge is -2.05. The van der Waals surface area contributed by atoms with Crippen LogP contribution in [0.3, 0.4) is 0 Å². The van der Waals surface area contributed by atoms with E-state index in [2.05, 4.69) is 31.4 Å². The highest BCUT2D eigenvalue weighted by Gasteiger charge is 2.08. The summed E-state index contributed by atoms with van der Waals surface area (Å²) in [7, 11) is 0. The maximum absolute atomic E-state index is 13.7. The molecule has 0 aliphatic heterocycles. The first-order chi connectivity index (χ1) is 9.56. The molecule has 0 saturated carbocycles. The number of anilines is 1. The maximum Gasteiger partial charge on any atom is 0.148 e. The fourth-order valence-electron chi connectivity index (χ4n) is 1.63. The summed E-state index contributed by atoms with van der Waals surface area (Å²) in [5.41, 5.74) is 0.850.